The Kier molecular flexibility index (Phi) is 2.30. The normalized spacial score (nSPS) is 11.7. The second kappa shape index (κ2) is 2.99. The zero-order valence-corrected chi connectivity index (χ0v) is 6.95. The number of hydrogen-bond acceptors (Lipinski definition) is 2. The Morgan fingerprint density at radius 3 is 2.23 bits per heavy atom. The molecule has 3 N–H and O–H groups in total. The van der Waals surface area contributed by atoms with Crippen LogP contribution in [0.2, 0.25) is 5.02 Å². The molecule has 2 nitrogen and oxygen atoms in total. The summed E-state index contributed by atoms with van der Waals surface area (Å²) in [6, 6.07) is 2.09. The Hall–Kier alpha value is -1.10. The second-order valence-corrected chi connectivity index (χ2v) is 2.77. The number of hydrogen-bond donors (Lipinski definition) is 2. The van der Waals surface area contributed by atoms with Gasteiger partial charge in [-0.2, -0.15) is 13.2 Å². The zero-order chi connectivity index (χ0) is 10.2. The Bertz CT molecular complexity index is 337. The quantitative estimate of drug-likeness (QED) is 0.648. The topological polar surface area (TPSA) is 46.2 Å². The zero-order valence-electron chi connectivity index (χ0n) is 6.19. The van der Waals surface area contributed by atoms with Gasteiger partial charge in [-0.15, -0.1) is 0 Å². The minimum atomic E-state index is -4.70. The van der Waals surface area contributed by atoms with Gasteiger partial charge < -0.3 is 10.8 Å². The van der Waals surface area contributed by atoms with Gasteiger partial charge in [-0.3, -0.25) is 0 Å². The Balaban J connectivity index is 3.43. The van der Waals surface area contributed by atoms with Crippen molar-refractivity contribution in [2.24, 2.45) is 0 Å². The van der Waals surface area contributed by atoms with Crippen molar-refractivity contribution in [1.82, 2.24) is 0 Å². The van der Waals surface area contributed by atoms with Crippen LogP contribution in [0.15, 0.2) is 12.1 Å². The first-order valence-electron chi connectivity index (χ1n) is 3.18. The molecule has 0 unspecified atom stereocenters. The van der Waals surface area contributed by atoms with Gasteiger partial charge in [-0.25, -0.2) is 0 Å². The summed E-state index contributed by atoms with van der Waals surface area (Å²) in [5.74, 6) is -1.03. The Morgan fingerprint density at radius 2 is 1.85 bits per heavy atom. The van der Waals surface area contributed by atoms with E-state index in [0.717, 1.165) is 12.1 Å². The summed E-state index contributed by atoms with van der Waals surface area (Å²) in [5.41, 5.74) is 3.20. The number of benzene rings is 1. The van der Waals surface area contributed by atoms with Gasteiger partial charge in [-0.1, -0.05) is 11.6 Å². The lowest BCUT2D eigenvalue weighted by Gasteiger charge is -2.12. The van der Waals surface area contributed by atoms with E-state index >= 15 is 0 Å². The summed E-state index contributed by atoms with van der Waals surface area (Å²) in [7, 11) is 0. The Morgan fingerprint density at radius 1 is 1.31 bits per heavy atom. The van der Waals surface area contributed by atoms with E-state index in [2.05, 4.69) is 0 Å². The summed E-state index contributed by atoms with van der Waals surface area (Å²) in [6.07, 6.45) is -4.70. The van der Waals surface area contributed by atoms with Crippen molar-refractivity contribution in [2.75, 3.05) is 5.73 Å². The maximum Gasteiger partial charge on any atom is 0.422 e. The van der Waals surface area contributed by atoms with Crippen molar-refractivity contribution in [3.8, 4) is 5.75 Å². The first kappa shape index (κ1) is 9.98. The molecule has 1 aromatic rings. The molecule has 6 heteroatoms. The molecule has 0 radical (unpaired) electrons. The lowest BCUT2D eigenvalue weighted by molar-refractivity contribution is -0.138. The van der Waals surface area contributed by atoms with Crippen molar-refractivity contribution < 1.29 is 18.3 Å². The highest BCUT2D eigenvalue weighted by Crippen LogP contribution is 2.42. The average molecular weight is 212 g/mol. The van der Waals surface area contributed by atoms with Crippen LogP contribution in [0.25, 0.3) is 0 Å². The molecule has 0 aromatic heterocycles. The summed E-state index contributed by atoms with van der Waals surface area (Å²) >= 11 is 5.29. The third kappa shape index (κ3) is 1.80. The first-order valence-corrected chi connectivity index (χ1v) is 3.56. The predicted octanol–water partition coefficient (Wildman–Crippen LogP) is 2.65. The predicted molar refractivity (Wildman–Crippen MR) is 42.5 cm³/mol. The van der Waals surface area contributed by atoms with Gasteiger partial charge in [0.2, 0.25) is 0 Å². The van der Waals surface area contributed by atoms with Crippen molar-refractivity contribution in [1.29, 1.82) is 0 Å². The van der Waals surface area contributed by atoms with E-state index in [4.69, 9.17) is 22.4 Å². The van der Waals surface area contributed by atoms with Gasteiger partial charge in [-0.05, 0) is 12.1 Å². The van der Waals surface area contributed by atoms with Crippen LogP contribution in [-0.2, 0) is 6.18 Å². The van der Waals surface area contributed by atoms with Crippen molar-refractivity contribution in [2.45, 2.75) is 6.18 Å². The van der Waals surface area contributed by atoms with Crippen LogP contribution in [0.1, 0.15) is 5.56 Å². The van der Waals surface area contributed by atoms with E-state index in [1.165, 1.54) is 0 Å². The van der Waals surface area contributed by atoms with Crippen LogP contribution >= 0.6 is 11.6 Å². The number of anilines is 1. The first-order chi connectivity index (χ1) is 5.84. The van der Waals surface area contributed by atoms with Crippen molar-refractivity contribution >= 4 is 17.3 Å². The maximum absolute atomic E-state index is 12.2. The average Bonchev–Trinajstić information content (AvgIpc) is 1.95. The molecule has 0 fully saturated rings. The molecule has 0 saturated heterocycles. The van der Waals surface area contributed by atoms with Gasteiger partial charge in [0.05, 0.1) is 5.02 Å². The monoisotopic (exact) mass is 211 g/mol. The fourth-order valence-corrected chi connectivity index (χ4v) is 1.04. The molecular formula is C7H5ClF3NO. The molecule has 0 bridgehead atoms. The van der Waals surface area contributed by atoms with E-state index in [-0.39, 0.29) is 5.02 Å². The number of nitrogen functional groups attached to an aromatic ring is 1. The van der Waals surface area contributed by atoms with Gasteiger partial charge >= 0.3 is 6.18 Å². The lowest BCUT2D eigenvalue weighted by Crippen LogP contribution is -2.09. The lowest BCUT2D eigenvalue weighted by atomic mass is 10.1. The molecule has 0 spiro atoms. The largest absolute Gasteiger partial charge is 0.506 e. The molecule has 13 heavy (non-hydrogen) atoms. The van der Waals surface area contributed by atoms with E-state index in [0.29, 0.717) is 0 Å². The summed E-state index contributed by atoms with van der Waals surface area (Å²) in [6.45, 7) is 0. The molecular weight excluding hydrogens is 207 g/mol. The van der Waals surface area contributed by atoms with Crippen LogP contribution < -0.4 is 5.73 Å². The molecule has 0 aliphatic heterocycles. The number of alkyl halides is 3. The molecule has 0 heterocycles. The summed E-state index contributed by atoms with van der Waals surface area (Å²) in [4.78, 5) is 0. The van der Waals surface area contributed by atoms with Crippen LogP contribution in [0.5, 0.6) is 5.75 Å². The van der Waals surface area contributed by atoms with Crippen LogP contribution in [0, 0.1) is 0 Å². The standard InChI is InChI=1S/C7H5ClF3NO/c8-3-1-2-4(12)5(6(3)13)7(9,10)11/h1-2,13H,12H2. The van der Waals surface area contributed by atoms with Crippen molar-refractivity contribution in [3.63, 3.8) is 0 Å². The van der Waals surface area contributed by atoms with Crippen molar-refractivity contribution in [3.05, 3.63) is 22.7 Å². The summed E-state index contributed by atoms with van der Waals surface area (Å²) in [5, 5.41) is 8.61. The van der Waals surface area contributed by atoms with E-state index in [1.54, 1.807) is 0 Å². The number of phenols is 1. The third-order valence-corrected chi connectivity index (χ3v) is 1.75. The van der Waals surface area contributed by atoms with Crippen LogP contribution in [0.3, 0.4) is 0 Å². The fourth-order valence-electron chi connectivity index (χ4n) is 0.879. The second-order valence-electron chi connectivity index (χ2n) is 2.36. The van der Waals surface area contributed by atoms with Gasteiger partial charge in [0.1, 0.15) is 11.3 Å². The van der Waals surface area contributed by atoms with Gasteiger partial charge in [0.25, 0.3) is 0 Å². The van der Waals surface area contributed by atoms with Gasteiger partial charge in [0.15, 0.2) is 0 Å². The minimum Gasteiger partial charge on any atom is -0.506 e. The third-order valence-electron chi connectivity index (χ3n) is 1.44. The molecule has 1 rings (SSSR count). The number of phenolic OH excluding ortho intramolecular Hbond substituents is 1. The minimum absolute atomic E-state index is 0.374. The van der Waals surface area contributed by atoms with Gasteiger partial charge in [0, 0.05) is 5.69 Å². The molecule has 0 amide bonds. The maximum atomic E-state index is 12.2. The Labute approximate surface area is 76.7 Å². The van der Waals surface area contributed by atoms with E-state index < -0.39 is 23.2 Å². The number of halogens is 4. The van der Waals surface area contributed by atoms with E-state index in [9.17, 15) is 13.2 Å². The number of rotatable bonds is 0. The molecule has 72 valence electrons. The fraction of sp³-hybridized carbons (Fsp3) is 0.143. The highest BCUT2D eigenvalue weighted by atomic mass is 35.5. The SMILES string of the molecule is Nc1ccc(Cl)c(O)c1C(F)(F)F. The van der Waals surface area contributed by atoms with Crippen LogP contribution in [0.4, 0.5) is 18.9 Å². The molecule has 0 atom stereocenters. The number of nitrogens with two attached hydrogens (primary N) is 1. The number of aromatic hydroxyl groups is 1. The van der Waals surface area contributed by atoms with Crippen LogP contribution in [-0.4, -0.2) is 5.11 Å². The molecule has 0 aliphatic carbocycles. The molecule has 0 aliphatic rings. The highest BCUT2D eigenvalue weighted by Gasteiger charge is 2.37. The molecule has 0 saturated carbocycles. The summed E-state index contributed by atoms with van der Waals surface area (Å²) < 4.78 is 36.6. The van der Waals surface area contributed by atoms with E-state index in [1.807, 2.05) is 0 Å². The smallest absolute Gasteiger partial charge is 0.422 e. The highest BCUT2D eigenvalue weighted by molar-refractivity contribution is 6.32. The molecule has 1 aromatic carbocycles.